The zero-order valence-electron chi connectivity index (χ0n) is 18.6. The maximum Gasteiger partial charge on any atom is 0.280 e. The molecule has 1 unspecified atom stereocenters. The first-order chi connectivity index (χ1) is 17.1. The van der Waals surface area contributed by atoms with Gasteiger partial charge in [-0.3, -0.25) is 15.0 Å². The number of carbonyl (C=O) groups is 2. The van der Waals surface area contributed by atoms with Gasteiger partial charge in [0.2, 0.25) is 0 Å². The fraction of sp³-hybridized carbons (Fsp3) is 0.0345. The van der Waals surface area contributed by atoms with Gasteiger partial charge in [0.1, 0.15) is 5.37 Å². The van der Waals surface area contributed by atoms with Crippen LogP contribution in [0, 0.1) is 0 Å². The molecular weight excluding hydrogens is 476 g/mol. The smallest absolute Gasteiger partial charge is 0.267 e. The molecule has 1 atom stereocenters. The number of nitrogens with one attached hydrogen (secondary N) is 1. The lowest BCUT2D eigenvalue weighted by Crippen LogP contribution is -2.44. The van der Waals surface area contributed by atoms with Gasteiger partial charge < -0.3 is 0 Å². The Labute approximate surface area is 213 Å². The third-order valence-corrected chi connectivity index (χ3v) is 7.14. The molecule has 0 aromatic heterocycles. The Kier molecular flexibility index (Phi) is 6.70. The predicted molar refractivity (Wildman–Crippen MR) is 142 cm³/mol. The lowest BCUT2D eigenvalue weighted by Gasteiger charge is -2.24. The summed E-state index contributed by atoms with van der Waals surface area (Å²) in [6.45, 7) is 0. The standard InChI is InChI=1S/C29H21ClN2O2S/c30-25-17-11-20(12-18-25)19-26-28(34)32(29(35-26)24-9-5-2-6-10-24)31-27(33)23-15-13-22(14-16-23)21-7-3-1-4-8-21/h1-19,29H,(H,31,33)/b26-19+. The van der Waals surface area contributed by atoms with Crippen molar-refractivity contribution in [2.75, 3.05) is 0 Å². The fourth-order valence-corrected chi connectivity index (χ4v) is 5.13. The van der Waals surface area contributed by atoms with E-state index in [4.69, 9.17) is 11.6 Å². The zero-order valence-corrected chi connectivity index (χ0v) is 20.2. The van der Waals surface area contributed by atoms with E-state index in [9.17, 15) is 9.59 Å². The summed E-state index contributed by atoms with van der Waals surface area (Å²) in [6, 6.07) is 34.3. The SMILES string of the molecule is O=C(NN1C(=O)/C(=C\c2ccc(Cl)cc2)SC1c1ccccc1)c1ccc(-c2ccccc2)cc1. The molecule has 0 saturated carbocycles. The largest absolute Gasteiger partial charge is 0.280 e. The van der Waals surface area contributed by atoms with Gasteiger partial charge in [-0.1, -0.05) is 108 Å². The minimum Gasteiger partial charge on any atom is -0.267 e. The molecule has 5 rings (SSSR count). The highest BCUT2D eigenvalue weighted by Gasteiger charge is 2.38. The van der Waals surface area contributed by atoms with E-state index < -0.39 is 0 Å². The second-order valence-corrected chi connectivity index (χ2v) is 9.56. The molecule has 4 aromatic rings. The summed E-state index contributed by atoms with van der Waals surface area (Å²) in [6.07, 6.45) is 1.82. The number of benzene rings is 4. The fourth-order valence-electron chi connectivity index (χ4n) is 3.82. The van der Waals surface area contributed by atoms with Gasteiger partial charge in [-0.2, -0.15) is 0 Å². The van der Waals surface area contributed by atoms with Crippen molar-refractivity contribution in [3.63, 3.8) is 0 Å². The van der Waals surface area contributed by atoms with Crippen LogP contribution in [0.15, 0.2) is 114 Å². The van der Waals surface area contributed by atoms with E-state index in [0.29, 0.717) is 15.5 Å². The first kappa shape index (κ1) is 23.0. The van der Waals surface area contributed by atoms with Crippen molar-refractivity contribution in [1.82, 2.24) is 10.4 Å². The summed E-state index contributed by atoms with van der Waals surface area (Å²) >= 11 is 7.40. The second kappa shape index (κ2) is 10.2. The van der Waals surface area contributed by atoms with Crippen molar-refractivity contribution in [3.8, 4) is 11.1 Å². The number of amides is 2. The average molecular weight is 497 g/mol. The highest BCUT2D eigenvalue weighted by atomic mass is 35.5. The van der Waals surface area contributed by atoms with Crippen molar-refractivity contribution in [2.45, 2.75) is 5.37 Å². The molecule has 1 N–H and O–H groups in total. The molecule has 172 valence electrons. The van der Waals surface area contributed by atoms with Gasteiger partial charge in [-0.25, -0.2) is 5.01 Å². The Morgan fingerprint density at radius 1 is 0.800 bits per heavy atom. The van der Waals surface area contributed by atoms with Crippen LogP contribution in [0.3, 0.4) is 0 Å². The molecule has 0 bridgehead atoms. The third kappa shape index (κ3) is 5.16. The Morgan fingerprint density at radius 2 is 1.40 bits per heavy atom. The quantitative estimate of drug-likeness (QED) is 0.303. The first-order valence-corrected chi connectivity index (χ1v) is 12.3. The van der Waals surface area contributed by atoms with E-state index in [1.807, 2.05) is 91.0 Å². The maximum atomic E-state index is 13.4. The van der Waals surface area contributed by atoms with Crippen LogP contribution in [0.4, 0.5) is 0 Å². The summed E-state index contributed by atoms with van der Waals surface area (Å²) in [5, 5.41) is 1.66. The molecule has 1 aliphatic heterocycles. The van der Waals surface area contributed by atoms with Gasteiger partial charge >= 0.3 is 0 Å². The number of rotatable bonds is 5. The minimum absolute atomic E-state index is 0.256. The van der Waals surface area contributed by atoms with Crippen LogP contribution in [0.25, 0.3) is 17.2 Å². The first-order valence-electron chi connectivity index (χ1n) is 11.1. The van der Waals surface area contributed by atoms with E-state index in [1.165, 1.54) is 16.8 Å². The van der Waals surface area contributed by atoms with Crippen molar-refractivity contribution in [2.24, 2.45) is 0 Å². The van der Waals surface area contributed by atoms with Gasteiger partial charge in [0.25, 0.3) is 11.8 Å². The van der Waals surface area contributed by atoms with E-state index in [-0.39, 0.29) is 17.2 Å². The number of halogens is 1. The van der Waals surface area contributed by atoms with Gasteiger partial charge in [-0.05, 0) is 52.6 Å². The van der Waals surface area contributed by atoms with Crippen LogP contribution >= 0.6 is 23.4 Å². The molecule has 1 saturated heterocycles. The van der Waals surface area contributed by atoms with Crippen LogP contribution in [-0.4, -0.2) is 16.8 Å². The van der Waals surface area contributed by atoms with Gasteiger partial charge in [0.15, 0.2) is 0 Å². The lowest BCUT2D eigenvalue weighted by atomic mass is 10.0. The highest BCUT2D eigenvalue weighted by molar-refractivity contribution is 8.04. The topological polar surface area (TPSA) is 49.4 Å². The number of thioether (sulfide) groups is 1. The average Bonchev–Trinajstić information content (AvgIpc) is 3.21. The van der Waals surface area contributed by atoms with Crippen molar-refractivity contribution >= 4 is 41.3 Å². The van der Waals surface area contributed by atoms with E-state index in [0.717, 1.165) is 22.3 Å². The summed E-state index contributed by atoms with van der Waals surface area (Å²) in [4.78, 5) is 27.0. The molecule has 1 heterocycles. The minimum atomic E-state index is -0.380. The zero-order chi connectivity index (χ0) is 24.2. The molecule has 0 spiro atoms. The van der Waals surface area contributed by atoms with Crippen LogP contribution < -0.4 is 5.43 Å². The van der Waals surface area contributed by atoms with Gasteiger partial charge in [-0.15, -0.1) is 0 Å². The Bertz CT molecular complexity index is 1370. The number of nitrogens with zero attached hydrogens (tertiary/aromatic N) is 1. The van der Waals surface area contributed by atoms with Crippen molar-refractivity contribution in [1.29, 1.82) is 0 Å². The van der Waals surface area contributed by atoms with Crippen molar-refractivity contribution in [3.05, 3.63) is 136 Å². The molecule has 4 nitrogen and oxygen atoms in total. The number of hydrogen-bond acceptors (Lipinski definition) is 3. The third-order valence-electron chi connectivity index (χ3n) is 5.63. The number of carbonyl (C=O) groups excluding carboxylic acids is 2. The van der Waals surface area contributed by atoms with Crippen LogP contribution in [0.5, 0.6) is 0 Å². The molecule has 0 aliphatic carbocycles. The van der Waals surface area contributed by atoms with Crippen molar-refractivity contribution < 1.29 is 9.59 Å². The predicted octanol–water partition coefficient (Wildman–Crippen LogP) is 6.97. The Morgan fingerprint density at radius 3 is 2.06 bits per heavy atom. The Hall–Kier alpha value is -3.80. The van der Waals surface area contributed by atoms with E-state index in [1.54, 1.807) is 24.3 Å². The summed E-state index contributed by atoms with van der Waals surface area (Å²) in [7, 11) is 0. The van der Waals surface area contributed by atoms with Crippen LogP contribution in [0.2, 0.25) is 5.02 Å². The van der Waals surface area contributed by atoms with Crippen LogP contribution in [-0.2, 0) is 4.79 Å². The molecule has 4 aromatic carbocycles. The molecule has 1 fully saturated rings. The highest BCUT2D eigenvalue weighted by Crippen LogP contribution is 2.45. The van der Waals surface area contributed by atoms with Gasteiger partial charge in [0.05, 0.1) is 4.91 Å². The normalized spacial score (nSPS) is 16.5. The summed E-state index contributed by atoms with van der Waals surface area (Å²) in [5.74, 6) is -0.597. The summed E-state index contributed by atoms with van der Waals surface area (Å²) < 4.78 is 0. The molecule has 1 aliphatic rings. The van der Waals surface area contributed by atoms with Crippen LogP contribution in [0.1, 0.15) is 26.9 Å². The number of hydrazine groups is 1. The second-order valence-electron chi connectivity index (χ2n) is 8.00. The maximum absolute atomic E-state index is 13.4. The molecule has 6 heteroatoms. The van der Waals surface area contributed by atoms with E-state index in [2.05, 4.69) is 5.43 Å². The molecular formula is C29H21ClN2O2S. The Balaban J connectivity index is 1.40. The summed E-state index contributed by atoms with van der Waals surface area (Å²) in [5.41, 5.74) is 7.19. The number of hydrogen-bond donors (Lipinski definition) is 1. The molecule has 2 amide bonds. The van der Waals surface area contributed by atoms with Gasteiger partial charge in [0, 0.05) is 10.6 Å². The molecule has 35 heavy (non-hydrogen) atoms. The van der Waals surface area contributed by atoms with E-state index >= 15 is 0 Å². The monoisotopic (exact) mass is 496 g/mol. The molecule has 0 radical (unpaired) electrons. The lowest BCUT2D eigenvalue weighted by molar-refractivity contribution is -0.128.